The molecule has 0 amide bonds. The van der Waals surface area contributed by atoms with Crippen LogP contribution in [0.15, 0.2) is 22.7 Å². The van der Waals surface area contributed by atoms with Crippen molar-refractivity contribution in [2.24, 2.45) is 5.73 Å². The van der Waals surface area contributed by atoms with Gasteiger partial charge in [-0.25, -0.2) is 18.7 Å². The van der Waals surface area contributed by atoms with E-state index < -0.39 is 11.6 Å². The predicted octanol–water partition coefficient (Wildman–Crippen LogP) is 3.77. The number of nitrogens with zero attached hydrogens (tertiary/aromatic N) is 2. The Morgan fingerprint density at radius 2 is 2.00 bits per heavy atom. The van der Waals surface area contributed by atoms with Gasteiger partial charge in [-0.2, -0.15) is 0 Å². The van der Waals surface area contributed by atoms with Gasteiger partial charge in [0.1, 0.15) is 0 Å². The Bertz CT molecular complexity index is 662. The average molecular weight is 356 g/mol. The van der Waals surface area contributed by atoms with Gasteiger partial charge >= 0.3 is 0 Å². The lowest BCUT2D eigenvalue weighted by Crippen LogP contribution is -2.22. The summed E-state index contributed by atoms with van der Waals surface area (Å²) in [6.45, 7) is 3.84. The molecule has 0 aliphatic heterocycles. The number of hydrogen-bond acceptors (Lipinski definition) is 3. The highest BCUT2D eigenvalue weighted by atomic mass is 79.9. The molecule has 0 radical (unpaired) electrons. The van der Waals surface area contributed by atoms with E-state index in [1.807, 2.05) is 19.9 Å². The molecule has 0 bridgehead atoms. The normalized spacial score (nSPS) is 12.5. The van der Waals surface area contributed by atoms with Gasteiger partial charge in [-0.05, 0) is 47.5 Å². The van der Waals surface area contributed by atoms with Crippen LogP contribution in [0.1, 0.15) is 24.7 Å². The summed E-state index contributed by atoms with van der Waals surface area (Å²) in [6, 6.07) is 4.40. The minimum absolute atomic E-state index is 0.0144. The summed E-state index contributed by atoms with van der Waals surface area (Å²) in [5.74, 6) is -1.49. The summed E-state index contributed by atoms with van der Waals surface area (Å²) < 4.78 is 26.9. The van der Waals surface area contributed by atoms with Gasteiger partial charge in [-0.15, -0.1) is 0 Å². The molecule has 3 nitrogen and oxygen atoms in total. The molecule has 1 unspecified atom stereocenters. The summed E-state index contributed by atoms with van der Waals surface area (Å²) in [4.78, 5) is 8.71. The molecular formula is C15H16BrF2N3. The van der Waals surface area contributed by atoms with Crippen molar-refractivity contribution in [1.29, 1.82) is 0 Å². The molecule has 1 aromatic carbocycles. The zero-order valence-corrected chi connectivity index (χ0v) is 13.4. The molecule has 2 rings (SSSR count). The Balaban J connectivity index is 2.47. The minimum Gasteiger partial charge on any atom is -0.327 e. The van der Waals surface area contributed by atoms with E-state index in [0.717, 1.165) is 23.9 Å². The number of halogens is 3. The van der Waals surface area contributed by atoms with Gasteiger partial charge in [-0.3, -0.25) is 0 Å². The third kappa shape index (κ3) is 3.63. The zero-order chi connectivity index (χ0) is 15.6. The first-order valence-corrected chi connectivity index (χ1v) is 7.45. The van der Waals surface area contributed by atoms with Crippen LogP contribution < -0.4 is 5.73 Å². The Labute approximate surface area is 130 Å². The molecule has 1 heterocycles. The van der Waals surface area contributed by atoms with Crippen LogP contribution in [-0.2, 0) is 6.42 Å². The van der Waals surface area contributed by atoms with E-state index in [4.69, 9.17) is 5.73 Å². The van der Waals surface area contributed by atoms with Crippen LogP contribution in [0.4, 0.5) is 8.78 Å². The highest BCUT2D eigenvalue weighted by Crippen LogP contribution is 2.30. The fourth-order valence-electron chi connectivity index (χ4n) is 1.97. The Hall–Kier alpha value is -1.40. The molecule has 21 heavy (non-hydrogen) atoms. The van der Waals surface area contributed by atoms with Crippen molar-refractivity contribution in [3.63, 3.8) is 0 Å². The van der Waals surface area contributed by atoms with Crippen molar-refractivity contribution in [2.75, 3.05) is 0 Å². The van der Waals surface area contributed by atoms with Crippen molar-refractivity contribution in [3.05, 3.63) is 45.7 Å². The zero-order valence-electron chi connectivity index (χ0n) is 11.8. The lowest BCUT2D eigenvalue weighted by atomic mass is 10.1. The van der Waals surface area contributed by atoms with Crippen molar-refractivity contribution in [1.82, 2.24) is 9.97 Å². The second kappa shape index (κ2) is 6.58. The van der Waals surface area contributed by atoms with E-state index in [2.05, 4.69) is 25.9 Å². The van der Waals surface area contributed by atoms with Crippen LogP contribution in [0, 0.1) is 18.6 Å². The third-order valence-corrected chi connectivity index (χ3v) is 3.95. The predicted molar refractivity (Wildman–Crippen MR) is 81.8 cm³/mol. The van der Waals surface area contributed by atoms with Gasteiger partial charge in [-0.1, -0.05) is 6.92 Å². The Morgan fingerprint density at radius 3 is 2.67 bits per heavy atom. The van der Waals surface area contributed by atoms with Gasteiger partial charge in [0.05, 0.1) is 4.47 Å². The summed E-state index contributed by atoms with van der Waals surface area (Å²) in [5, 5.41) is 0. The van der Waals surface area contributed by atoms with E-state index in [9.17, 15) is 8.78 Å². The number of rotatable bonds is 4. The molecule has 0 fully saturated rings. The number of nitrogens with two attached hydrogens (primary N) is 1. The second-order valence-corrected chi connectivity index (χ2v) is 5.71. The minimum atomic E-state index is -0.940. The van der Waals surface area contributed by atoms with Crippen molar-refractivity contribution >= 4 is 15.9 Å². The first-order valence-electron chi connectivity index (χ1n) is 6.66. The third-order valence-electron chi connectivity index (χ3n) is 3.18. The molecule has 2 N–H and O–H groups in total. The van der Waals surface area contributed by atoms with Gasteiger partial charge < -0.3 is 5.73 Å². The molecule has 112 valence electrons. The SMILES string of the molecule is CCC(N)Cc1cc(C)nc(-c2ccc(F)c(F)c2Br)n1. The molecular weight excluding hydrogens is 340 g/mol. The van der Waals surface area contributed by atoms with Gasteiger partial charge in [0.2, 0.25) is 0 Å². The van der Waals surface area contributed by atoms with Crippen LogP contribution in [0.5, 0.6) is 0 Å². The molecule has 1 aromatic heterocycles. The van der Waals surface area contributed by atoms with Gasteiger partial charge in [0, 0.05) is 29.4 Å². The lowest BCUT2D eigenvalue weighted by molar-refractivity contribution is 0.504. The van der Waals surface area contributed by atoms with E-state index in [1.54, 1.807) is 0 Å². The van der Waals surface area contributed by atoms with Crippen LogP contribution in [0.25, 0.3) is 11.4 Å². The maximum Gasteiger partial charge on any atom is 0.173 e. The van der Waals surface area contributed by atoms with E-state index in [-0.39, 0.29) is 10.5 Å². The first-order chi connectivity index (χ1) is 9.92. The van der Waals surface area contributed by atoms with Crippen molar-refractivity contribution < 1.29 is 8.78 Å². The fraction of sp³-hybridized carbons (Fsp3) is 0.333. The van der Waals surface area contributed by atoms with Crippen LogP contribution in [0.3, 0.4) is 0 Å². The first kappa shape index (κ1) is 16.0. The van der Waals surface area contributed by atoms with Crippen LogP contribution >= 0.6 is 15.9 Å². The highest BCUT2D eigenvalue weighted by Gasteiger charge is 2.15. The monoisotopic (exact) mass is 355 g/mol. The molecule has 6 heteroatoms. The van der Waals surface area contributed by atoms with Crippen LogP contribution in [-0.4, -0.2) is 16.0 Å². The number of aryl methyl sites for hydroxylation is 1. The molecule has 0 aliphatic carbocycles. The topological polar surface area (TPSA) is 51.8 Å². The summed E-state index contributed by atoms with van der Waals surface area (Å²) in [5.41, 5.74) is 7.91. The number of hydrogen-bond donors (Lipinski definition) is 1. The quantitative estimate of drug-likeness (QED) is 0.849. The summed E-state index contributed by atoms with van der Waals surface area (Å²) in [6.07, 6.45) is 1.46. The molecule has 1 atom stereocenters. The maximum absolute atomic E-state index is 13.6. The van der Waals surface area contributed by atoms with Gasteiger partial charge in [0.25, 0.3) is 0 Å². The second-order valence-electron chi connectivity index (χ2n) is 4.92. The Morgan fingerprint density at radius 1 is 1.29 bits per heavy atom. The number of benzene rings is 1. The van der Waals surface area contributed by atoms with Gasteiger partial charge in [0.15, 0.2) is 17.5 Å². The maximum atomic E-state index is 13.6. The molecule has 0 spiro atoms. The lowest BCUT2D eigenvalue weighted by Gasteiger charge is -2.11. The average Bonchev–Trinajstić information content (AvgIpc) is 2.44. The van der Waals surface area contributed by atoms with E-state index in [0.29, 0.717) is 17.8 Å². The summed E-state index contributed by atoms with van der Waals surface area (Å²) in [7, 11) is 0. The number of aromatic nitrogens is 2. The summed E-state index contributed by atoms with van der Waals surface area (Å²) >= 11 is 3.06. The van der Waals surface area contributed by atoms with E-state index in [1.165, 1.54) is 6.07 Å². The largest absolute Gasteiger partial charge is 0.327 e. The smallest absolute Gasteiger partial charge is 0.173 e. The molecule has 0 aliphatic rings. The molecule has 2 aromatic rings. The standard InChI is InChI=1S/C15H16BrF2N3/c1-3-9(19)7-10-6-8(2)20-15(21-10)11-4-5-12(17)14(18)13(11)16/h4-6,9H,3,7,19H2,1-2H3. The van der Waals surface area contributed by atoms with Crippen molar-refractivity contribution in [2.45, 2.75) is 32.7 Å². The van der Waals surface area contributed by atoms with E-state index >= 15 is 0 Å². The fourth-order valence-corrected chi connectivity index (χ4v) is 2.47. The Kier molecular flexibility index (Phi) is 5.00. The van der Waals surface area contributed by atoms with Crippen LogP contribution in [0.2, 0.25) is 0 Å². The van der Waals surface area contributed by atoms with Crippen molar-refractivity contribution in [3.8, 4) is 11.4 Å². The molecule has 0 saturated heterocycles. The highest BCUT2D eigenvalue weighted by molar-refractivity contribution is 9.10. The molecule has 0 saturated carbocycles.